The van der Waals surface area contributed by atoms with E-state index in [0.29, 0.717) is 11.8 Å². The molecule has 2 aromatic carbocycles. The van der Waals surface area contributed by atoms with Gasteiger partial charge in [-0.3, -0.25) is 0 Å². The maximum absolute atomic E-state index is 2.35. The highest BCUT2D eigenvalue weighted by Crippen LogP contribution is 2.23. The van der Waals surface area contributed by atoms with Gasteiger partial charge in [0.1, 0.15) is 0 Å². The molecule has 0 saturated carbocycles. The van der Waals surface area contributed by atoms with Gasteiger partial charge in [-0.2, -0.15) is 0 Å². The standard InChI is InChI=1S/C19H23/c1-15(2)19-11-7-8-17(14-19)13-12-16(3)18-9-5-4-6-10-18/h4-11,13-16H,12H2,1-3H3. The van der Waals surface area contributed by atoms with E-state index in [9.17, 15) is 0 Å². The summed E-state index contributed by atoms with van der Waals surface area (Å²) in [4.78, 5) is 0. The van der Waals surface area contributed by atoms with Crippen LogP contribution in [0.2, 0.25) is 0 Å². The molecule has 0 bridgehead atoms. The summed E-state index contributed by atoms with van der Waals surface area (Å²) in [6, 6.07) is 19.6. The molecular formula is C19H23. The van der Waals surface area contributed by atoms with E-state index in [1.807, 2.05) is 0 Å². The number of hydrogen-bond acceptors (Lipinski definition) is 0. The first-order valence-corrected chi connectivity index (χ1v) is 7.15. The van der Waals surface area contributed by atoms with Crippen molar-refractivity contribution >= 4 is 0 Å². The Balaban J connectivity index is 1.97. The minimum atomic E-state index is 0.573. The zero-order valence-corrected chi connectivity index (χ0v) is 12.1. The first-order chi connectivity index (χ1) is 9.16. The molecule has 0 spiro atoms. The molecule has 0 fully saturated rings. The van der Waals surface area contributed by atoms with Gasteiger partial charge in [-0.05, 0) is 41.4 Å². The summed E-state index contributed by atoms with van der Waals surface area (Å²) < 4.78 is 0. The Labute approximate surface area is 117 Å². The second-order valence-electron chi connectivity index (χ2n) is 5.58. The van der Waals surface area contributed by atoms with Crippen molar-refractivity contribution in [3.63, 3.8) is 0 Å². The molecule has 0 saturated heterocycles. The second-order valence-corrected chi connectivity index (χ2v) is 5.58. The van der Waals surface area contributed by atoms with Crippen LogP contribution in [0.25, 0.3) is 0 Å². The largest absolute Gasteiger partial charge is 0.0622 e. The second kappa shape index (κ2) is 6.56. The van der Waals surface area contributed by atoms with Gasteiger partial charge < -0.3 is 0 Å². The minimum Gasteiger partial charge on any atom is -0.0622 e. The van der Waals surface area contributed by atoms with Gasteiger partial charge in [0.05, 0.1) is 0 Å². The van der Waals surface area contributed by atoms with Crippen LogP contribution >= 0.6 is 0 Å². The molecule has 0 amide bonds. The van der Waals surface area contributed by atoms with Crippen LogP contribution in [0.5, 0.6) is 0 Å². The summed E-state index contributed by atoms with van der Waals surface area (Å²) in [7, 11) is 0. The van der Waals surface area contributed by atoms with Crippen molar-refractivity contribution in [2.45, 2.75) is 39.0 Å². The summed E-state index contributed by atoms with van der Waals surface area (Å²) >= 11 is 0. The molecule has 0 nitrogen and oxygen atoms in total. The average molecular weight is 251 g/mol. The van der Waals surface area contributed by atoms with Crippen molar-refractivity contribution in [3.05, 3.63) is 77.7 Å². The SMILES string of the molecule is CC(C)c1cccc([CH]CC(C)c2ccccc2)c1. The lowest BCUT2D eigenvalue weighted by atomic mass is 9.92. The van der Waals surface area contributed by atoms with E-state index < -0.39 is 0 Å². The molecule has 0 aromatic heterocycles. The van der Waals surface area contributed by atoms with Gasteiger partial charge in [0, 0.05) is 0 Å². The molecule has 1 radical (unpaired) electrons. The Kier molecular flexibility index (Phi) is 4.79. The smallest absolute Gasteiger partial charge is 0.00871 e. The lowest BCUT2D eigenvalue weighted by Gasteiger charge is -2.12. The average Bonchev–Trinajstić information content (AvgIpc) is 2.46. The van der Waals surface area contributed by atoms with Crippen LogP contribution < -0.4 is 0 Å². The molecule has 0 N–H and O–H groups in total. The Morgan fingerprint density at radius 2 is 1.53 bits per heavy atom. The number of rotatable bonds is 5. The predicted molar refractivity (Wildman–Crippen MR) is 83.4 cm³/mol. The predicted octanol–water partition coefficient (Wildman–Crippen LogP) is 5.56. The molecule has 2 rings (SSSR count). The molecule has 0 aliphatic carbocycles. The Bertz CT molecular complexity index is 496. The van der Waals surface area contributed by atoms with Gasteiger partial charge >= 0.3 is 0 Å². The highest BCUT2D eigenvalue weighted by atomic mass is 14.1. The van der Waals surface area contributed by atoms with Crippen LogP contribution in [0, 0.1) is 6.42 Å². The van der Waals surface area contributed by atoms with Crippen LogP contribution in [0.1, 0.15) is 55.7 Å². The van der Waals surface area contributed by atoms with E-state index >= 15 is 0 Å². The third kappa shape index (κ3) is 3.96. The molecular weight excluding hydrogens is 228 g/mol. The van der Waals surface area contributed by atoms with Crippen molar-refractivity contribution in [2.75, 3.05) is 0 Å². The van der Waals surface area contributed by atoms with Crippen molar-refractivity contribution in [2.24, 2.45) is 0 Å². The summed E-state index contributed by atoms with van der Waals surface area (Å²) in [6.45, 7) is 6.77. The summed E-state index contributed by atoms with van der Waals surface area (Å²) in [5, 5.41) is 0. The highest BCUT2D eigenvalue weighted by Gasteiger charge is 2.06. The summed E-state index contributed by atoms with van der Waals surface area (Å²) in [6.07, 6.45) is 3.44. The van der Waals surface area contributed by atoms with Crippen molar-refractivity contribution < 1.29 is 0 Å². The molecule has 2 aromatic rings. The molecule has 1 atom stereocenters. The highest BCUT2D eigenvalue weighted by molar-refractivity contribution is 5.31. The van der Waals surface area contributed by atoms with Crippen molar-refractivity contribution in [1.82, 2.24) is 0 Å². The lowest BCUT2D eigenvalue weighted by Crippen LogP contribution is -1.95. The first-order valence-electron chi connectivity index (χ1n) is 7.15. The van der Waals surface area contributed by atoms with Gasteiger partial charge in [0.2, 0.25) is 0 Å². The fourth-order valence-corrected chi connectivity index (χ4v) is 2.28. The lowest BCUT2D eigenvalue weighted by molar-refractivity contribution is 0.754. The maximum Gasteiger partial charge on any atom is -0.00871 e. The zero-order chi connectivity index (χ0) is 13.7. The van der Waals surface area contributed by atoms with Crippen molar-refractivity contribution in [3.8, 4) is 0 Å². The minimum absolute atomic E-state index is 0.573. The Hall–Kier alpha value is -1.56. The monoisotopic (exact) mass is 251 g/mol. The van der Waals surface area contributed by atoms with Crippen LogP contribution in [0.4, 0.5) is 0 Å². The van der Waals surface area contributed by atoms with E-state index in [0.717, 1.165) is 6.42 Å². The fourth-order valence-electron chi connectivity index (χ4n) is 2.28. The molecule has 99 valence electrons. The van der Waals surface area contributed by atoms with E-state index in [2.05, 4.69) is 81.8 Å². The van der Waals surface area contributed by atoms with E-state index in [1.54, 1.807) is 0 Å². The third-order valence-electron chi connectivity index (χ3n) is 3.65. The Morgan fingerprint density at radius 1 is 0.842 bits per heavy atom. The van der Waals surface area contributed by atoms with Crippen LogP contribution in [-0.4, -0.2) is 0 Å². The van der Waals surface area contributed by atoms with Crippen LogP contribution in [-0.2, 0) is 0 Å². The third-order valence-corrected chi connectivity index (χ3v) is 3.65. The molecule has 1 unspecified atom stereocenters. The van der Waals surface area contributed by atoms with Gasteiger partial charge in [-0.15, -0.1) is 0 Å². The number of benzene rings is 2. The molecule has 0 aliphatic heterocycles. The van der Waals surface area contributed by atoms with Crippen LogP contribution in [0.15, 0.2) is 54.6 Å². The van der Waals surface area contributed by atoms with Gasteiger partial charge in [-0.1, -0.05) is 75.4 Å². The fraction of sp³-hybridized carbons (Fsp3) is 0.316. The van der Waals surface area contributed by atoms with Crippen molar-refractivity contribution in [1.29, 1.82) is 0 Å². The van der Waals surface area contributed by atoms with Gasteiger partial charge in [-0.25, -0.2) is 0 Å². The van der Waals surface area contributed by atoms with Gasteiger partial charge in [0.25, 0.3) is 0 Å². The molecule has 0 aliphatic rings. The van der Waals surface area contributed by atoms with Gasteiger partial charge in [0.15, 0.2) is 0 Å². The Morgan fingerprint density at radius 3 is 2.21 bits per heavy atom. The van der Waals surface area contributed by atoms with Crippen LogP contribution in [0.3, 0.4) is 0 Å². The van der Waals surface area contributed by atoms with E-state index in [-0.39, 0.29) is 0 Å². The topological polar surface area (TPSA) is 0 Å². The normalized spacial score (nSPS) is 12.6. The van der Waals surface area contributed by atoms with E-state index in [4.69, 9.17) is 0 Å². The molecule has 19 heavy (non-hydrogen) atoms. The maximum atomic E-state index is 2.35. The molecule has 0 heteroatoms. The first kappa shape index (κ1) is 13.9. The quantitative estimate of drug-likeness (QED) is 0.653. The number of hydrogen-bond donors (Lipinski definition) is 0. The van der Waals surface area contributed by atoms with E-state index in [1.165, 1.54) is 16.7 Å². The zero-order valence-electron chi connectivity index (χ0n) is 12.1. The molecule has 0 heterocycles. The summed E-state index contributed by atoms with van der Waals surface area (Å²) in [5.41, 5.74) is 4.17. The summed E-state index contributed by atoms with van der Waals surface area (Å²) in [5.74, 6) is 1.17.